The van der Waals surface area contributed by atoms with Crippen LogP contribution in [0, 0.1) is 0 Å². The van der Waals surface area contributed by atoms with Gasteiger partial charge in [0.15, 0.2) is 8.87 Å². The smallest absolute Gasteiger partial charge is 0.327 e. The fourth-order valence-corrected chi connectivity index (χ4v) is 7.11. The quantitative estimate of drug-likeness (QED) is 0.107. The van der Waals surface area contributed by atoms with Gasteiger partial charge in [-0.2, -0.15) is 11.8 Å². The number of thioether (sulfide) groups is 1. The SMILES string of the molecule is CS(=O)(=O)SCC(NC(=O)CCCCCNC(=O)CCCC[C@@H]1SC[C@@H]2NC(=O)N[C@@H]21)C(=O)O. The van der Waals surface area contributed by atoms with Crippen molar-refractivity contribution in [1.29, 1.82) is 0 Å². The standard InChI is InChI=1S/C20H34N4O7S3/c1-34(30,31)33-12-14(19(27)28)22-17(26)9-3-2-6-10-21-16(25)8-5-4-7-15-18-13(11-32-15)23-20(29)24-18/h13-15,18H,2-12H2,1H3,(H,21,25)(H,22,26)(H,27,28)(H2,23,24,29)/t13-,14?,15-,18-/m0/s1. The second-order valence-corrected chi connectivity index (χ2v) is 14.2. The van der Waals surface area contributed by atoms with Crippen LogP contribution in [-0.4, -0.2) is 85.0 Å². The number of urea groups is 1. The molecule has 2 aliphatic heterocycles. The van der Waals surface area contributed by atoms with Gasteiger partial charge in [0.2, 0.25) is 11.8 Å². The molecule has 4 atom stereocenters. The summed E-state index contributed by atoms with van der Waals surface area (Å²) in [6.45, 7) is 0.517. The van der Waals surface area contributed by atoms with Crippen LogP contribution in [-0.2, 0) is 23.3 Å². The Balaban J connectivity index is 1.46. The number of unbranched alkanes of at least 4 members (excludes halogenated alkanes) is 3. The number of carboxylic acid groups (broad SMARTS) is 1. The third-order valence-electron chi connectivity index (χ3n) is 5.57. The average molecular weight is 539 g/mol. The largest absolute Gasteiger partial charge is 0.480 e. The lowest BCUT2D eigenvalue weighted by Gasteiger charge is -2.16. The molecule has 0 radical (unpaired) electrons. The highest BCUT2D eigenvalue weighted by Gasteiger charge is 2.42. The third-order valence-corrected chi connectivity index (χ3v) is 9.66. The van der Waals surface area contributed by atoms with Gasteiger partial charge in [0.05, 0.1) is 12.1 Å². The first kappa shape index (κ1) is 28.6. The minimum Gasteiger partial charge on any atom is -0.480 e. The Morgan fingerprint density at radius 1 is 1.12 bits per heavy atom. The van der Waals surface area contributed by atoms with E-state index < -0.39 is 26.8 Å². The molecular weight excluding hydrogens is 504 g/mol. The lowest BCUT2D eigenvalue weighted by atomic mass is 10.0. The predicted octanol–water partition coefficient (Wildman–Crippen LogP) is 0.651. The highest BCUT2D eigenvalue weighted by atomic mass is 33.1. The first-order valence-electron chi connectivity index (χ1n) is 11.4. The summed E-state index contributed by atoms with van der Waals surface area (Å²) in [7, 11) is -2.90. The monoisotopic (exact) mass is 538 g/mol. The Kier molecular flexibility index (Phi) is 11.8. The van der Waals surface area contributed by atoms with Crippen LogP contribution in [0.4, 0.5) is 4.79 Å². The van der Waals surface area contributed by atoms with Crippen LogP contribution in [0.5, 0.6) is 0 Å². The first-order valence-corrected chi connectivity index (χ1v) is 15.8. The number of hydrogen-bond donors (Lipinski definition) is 5. The number of fused-ring (bicyclic) bond motifs is 1. The van der Waals surface area contributed by atoms with Crippen molar-refractivity contribution < 1.29 is 32.7 Å². The second-order valence-electron chi connectivity index (χ2n) is 8.48. The van der Waals surface area contributed by atoms with Gasteiger partial charge < -0.3 is 26.4 Å². The van der Waals surface area contributed by atoms with Crippen LogP contribution in [0.1, 0.15) is 51.4 Å². The molecule has 2 aliphatic rings. The average Bonchev–Trinajstić information content (AvgIpc) is 3.29. The molecule has 5 N–H and O–H groups in total. The highest BCUT2D eigenvalue weighted by molar-refractivity contribution is 8.71. The van der Waals surface area contributed by atoms with E-state index in [1.165, 1.54) is 0 Å². The zero-order valence-electron chi connectivity index (χ0n) is 19.2. The summed E-state index contributed by atoms with van der Waals surface area (Å²) in [5.74, 6) is -1.04. The number of hydrogen-bond acceptors (Lipinski definition) is 8. The van der Waals surface area contributed by atoms with Gasteiger partial charge in [0.25, 0.3) is 0 Å². The van der Waals surface area contributed by atoms with Crippen LogP contribution in [0.15, 0.2) is 0 Å². The molecule has 0 saturated carbocycles. The number of carbonyl (C=O) groups is 4. The highest BCUT2D eigenvalue weighted by Crippen LogP contribution is 2.33. The molecule has 11 nitrogen and oxygen atoms in total. The molecule has 0 aromatic carbocycles. The van der Waals surface area contributed by atoms with Crippen LogP contribution in [0.3, 0.4) is 0 Å². The van der Waals surface area contributed by atoms with Gasteiger partial charge in [0, 0.05) is 42.4 Å². The zero-order chi connectivity index (χ0) is 25.1. The second kappa shape index (κ2) is 14.0. The van der Waals surface area contributed by atoms with E-state index in [0.717, 1.165) is 31.3 Å². The molecule has 194 valence electrons. The van der Waals surface area contributed by atoms with E-state index in [9.17, 15) is 27.6 Å². The van der Waals surface area contributed by atoms with Crippen molar-refractivity contribution in [3.8, 4) is 0 Å². The Morgan fingerprint density at radius 3 is 2.53 bits per heavy atom. The molecule has 1 unspecified atom stereocenters. The van der Waals surface area contributed by atoms with E-state index in [-0.39, 0.29) is 36.2 Å². The third kappa shape index (κ3) is 10.7. The number of aliphatic carboxylic acids is 1. The maximum absolute atomic E-state index is 12.0. The molecule has 2 heterocycles. The summed E-state index contributed by atoms with van der Waals surface area (Å²) in [6, 6.07) is -0.939. The van der Waals surface area contributed by atoms with Crippen LogP contribution < -0.4 is 21.3 Å². The Labute approximate surface area is 208 Å². The summed E-state index contributed by atoms with van der Waals surface area (Å²) in [6.07, 6.45) is 6.22. The molecule has 4 amide bonds. The minimum atomic E-state index is -3.39. The molecule has 2 fully saturated rings. The first-order chi connectivity index (χ1) is 16.0. The van der Waals surface area contributed by atoms with Crippen molar-refractivity contribution in [2.45, 2.75) is 74.7 Å². The zero-order valence-corrected chi connectivity index (χ0v) is 21.7. The summed E-state index contributed by atoms with van der Waals surface area (Å²) >= 11 is 1.87. The lowest BCUT2D eigenvalue weighted by Crippen LogP contribution is -2.42. The Morgan fingerprint density at radius 2 is 1.82 bits per heavy atom. The molecule has 0 aliphatic carbocycles. The van der Waals surface area contributed by atoms with E-state index in [0.29, 0.717) is 48.3 Å². The maximum atomic E-state index is 12.0. The molecule has 2 saturated heterocycles. The van der Waals surface area contributed by atoms with E-state index in [1.54, 1.807) is 0 Å². The van der Waals surface area contributed by atoms with E-state index in [2.05, 4.69) is 21.3 Å². The van der Waals surface area contributed by atoms with Crippen molar-refractivity contribution >= 4 is 55.2 Å². The summed E-state index contributed by atoms with van der Waals surface area (Å²) in [4.78, 5) is 46.5. The number of amides is 4. The molecule has 14 heteroatoms. The van der Waals surface area contributed by atoms with Gasteiger partial charge in [-0.1, -0.05) is 12.8 Å². The molecule has 2 rings (SSSR count). The van der Waals surface area contributed by atoms with E-state index >= 15 is 0 Å². The lowest BCUT2D eigenvalue weighted by molar-refractivity contribution is -0.141. The number of rotatable bonds is 16. The van der Waals surface area contributed by atoms with Crippen LogP contribution in [0.2, 0.25) is 0 Å². The van der Waals surface area contributed by atoms with Crippen molar-refractivity contribution in [3.63, 3.8) is 0 Å². The topological polar surface area (TPSA) is 171 Å². The maximum Gasteiger partial charge on any atom is 0.327 e. The molecule has 0 aromatic heterocycles. The van der Waals surface area contributed by atoms with Gasteiger partial charge in [-0.05, 0) is 36.5 Å². The van der Waals surface area contributed by atoms with Gasteiger partial charge >= 0.3 is 12.0 Å². The van der Waals surface area contributed by atoms with E-state index in [1.807, 2.05) is 11.8 Å². The predicted molar refractivity (Wildman–Crippen MR) is 132 cm³/mol. The van der Waals surface area contributed by atoms with Gasteiger partial charge in [0.1, 0.15) is 6.04 Å². The molecule has 0 bridgehead atoms. The molecule has 0 aromatic rings. The van der Waals surface area contributed by atoms with Gasteiger partial charge in [-0.3, -0.25) is 9.59 Å². The van der Waals surface area contributed by atoms with Gasteiger partial charge in [-0.25, -0.2) is 18.0 Å². The number of carbonyl (C=O) groups excluding carboxylic acids is 3. The normalized spacial score (nSPS) is 22.4. The van der Waals surface area contributed by atoms with Crippen molar-refractivity contribution in [2.75, 3.05) is 24.3 Å². The minimum absolute atomic E-state index is 0.00166. The van der Waals surface area contributed by atoms with Crippen molar-refractivity contribution in [1.82, 2.24) is 21.3 Å². The number of nitrogens with one attached hydrogen (secondary N) is 4. The molecular formula is C20H34N4O7S3. The van der Waals surface area contributed by atoms with Crippen LogP contribution in [0.25, 0.3) is 0 Å². The van der Waals surface area contributed by atoms with Gasteiger partial charge in [-0.15, -0.1) is 0 Å². The Hall–Kier alpha value is -1.67. The Bertz CT molecular complexity index is 840. The van der Waals surface area contributed by atoms with Crippen molar-refractivity contribution in [3.05, 3.63) is 0 Å². The number of carboxylic acids is 1. The van der Waals surface area contributed by atoms with E-state index in [4.69, 9.17) is 5.11 Å². The fraction of sp³-hybridized carbons (Fsp3) is 0.800. The van der Waals surface area contributed by atoms with Crippen molar-refractivity contribution in [2.24, 2.45) is 0 Å². The molecule has 0 spiro atoms. The van der Waals surface area contributed by atoms with Crippen LogP contribution >= 0.6 is 22.6 Å². The fourth-order valence-electron chi connectivity index (χ4n) is 3.81. The molecule has 34 heavy (non-hydrogen) atoms. The summed E-state index contributed by atoms with van der Waals surface area (Å²) < 4.78 is 22.3. The summed E-state index contributed by atoms with van der Waals surface area (Å²) in [5.41, 5.74) is 0. The summed E-state index contributed by atoms with van der Waals surface area (Å²) in [5, 5.41) is 20.6.